The monoisotopic (exact) mass is 390 g/mol. The van der Waals surface area contributed by atoms with E-state index >= 15 is 0 Å². The normalized spacial score (nSPS) is 11.9. The molecule has 134 valence electrons. The summed E-state index contributed by atoms with van der Waals surface area (Å²) in [6, 6.07) is 20.6. The Kier molecular flexibility index (Phi) is 5.76. The molecule has 1 N–H and O–H groups in total. The summed E-state index contributed by atoms with van der Waals surface area (Å²) in [6.07, 6.45) is 5.39. The quantitative estimate of drug-likeness (QED) is 0.427. The molecular formula is C21H18N4S2. The Bertz CT molecular complexity index is 960. The predicted molar refractivity (Wildman–Crippen MR) is 112 cm³/mol. The number of benzene rings is 2. The van der Waals surface area contributed by atoms with Gasteiger partial charge in [0, 0.05) is 17.3 Å². The summed E-state index contributed by atoms with van der Waals surface area (Å²) in [4.78, 5) is 13.6. The molecule has 0 fully saturated rings. The van der Waals surface area contributed by atoms with E-state index in [0.717, 1.165) is 27.2 Å². The van der Waals surface area contributed by atoms with Crippen LogP contribution in [0.2, 0.25) is 0 Å². The highest BCUT2D eigenvalue weighted by Crippen LogP contribution is 2.28. The van der Waals surface area contributed by atoms with Gasteiger partial charge in [0.2, 0.25) is 0 Å². The van der Waals surface area contributed by atoms with Crippen molar-refractivity contribution in [2.45, 2.75) is 16.8 Å². The van der Waals surface area contributed by atoms with E-state index in [1.54, 1.807) is 35.5 Å². The van der Waals surface area contributed by atoms with Crippen LogP contribution in [0.3, 0.4) is 0 Å². The fourth-order valence-electron chi connectivity index (χ4n) is 2.68. The van der Waals surface area contributed by atoms with E-state index in [1.165, 1.54) is 5.56 Å². The smallest absolute Gasteiger partial charge is 0.146 e. The van der Waals surface area contributed by atoms with Gasteiger partial charge in [-0.15, -0.1) is 23.1 Å². The van der Waals surface area contributed by atoms with Crippen molar-refractivity contribution in [2.24, 2.45) is 0 Å². The van der Waals surface area contributed by atoms with Crippen molar-refractivity contribution >= 4 is 28.9 Å². The first-order valence-electron chi connectivity index (χ1n) is 8.58. The van der Waals surface area contributed by atoms with Crippen LogP contribution >= 0.6 is 23.1 Å². The van der Waals surface area contributed by atoms with Crippen LogP contribution in [0.25, 0.3) is 0 Å². The number of nitrogens with one attached hydrogen (secondary N) is 1. The van der Waals surface area contributed by atoms with Crippen LogP contribution in [-0.4, -0.2) is 15.0 Å². The van der Waals surface area contributed by atoms with Gasteiger partial charge < -0.3 is 5.32 Å². The third kappa shape index (κ3) is 4.72. The maximum absolute atomic E-state index is 4.73. The topological polar surface area (TPSA) is 50.7 Å². The van der Waals surface area contributed by atoms with Gasteiger partial charge >= 0.3 is 0 Å². The average Bonchev–Trinajstić information content (AvgIpc) is 3.27. The van der Waals surface area contributed by atoms with Crippen LogP contribution in [0.15, 0.2) is 89.7 Å². The van der Waals surface area contributed by atoms with Crippen molar-refractivity contribution in [1.29, 1.82) is 0 Å². The highest BCUT2D eigenvalue weighted by Gasteiger charge is 2.17. The van der Waals surface area contributed by atoms with E-state index in [9.17, 15) is 0 Å². The van der Waals surface area contributed by atoms with Gasteiger partial charge in [-0.05, 0) is 11.1 Å². The second-order valence-corrected chi connectivity index (χ2v) is 7.80. The Morgan fingerprint density at radius 1 is 0.963 bits per heavy atom. The fourth-order valence-corrected chi connectivity index (χ4v) is 4.20. The Morgan fingerprint density at radius 2 is 1.74 bits per heavy atom. The van der Waals surface area contributed by atoms with Crippen molar-refractivity contribution in [1.82, 2.24) is 15.0 Å². The lowest BCUT2D eigenvalue weighted by Gasteiger charge is -2.17. The second kappa shape index (κ2) is 8.79. The van der Waals surface area contributed by atoms with E-state index in [4.69, 9.17) is 4.98 Å². The van der Waals surface area contributed by atoms with Crippen LogP contribution in [-0.2, 0) is 5.75 Å². The van der Waals surface area contributed by atoms with Gasteiger partial charge in [0.15, 0.2) is 0 Å². The Hall–Kier alpha value is -2.70. The van der Waals surface area contributed by atoms with Crippen molar-refractivity contribution in [2.75, 3.05) is 5.32 Å². The van der Waals surface area contributed by atoms with Crippen molar-refractivity contribution in [3.8, 4) is 0 Å². The number of nitrogens with zero attached hydrogens (tertiary/aromatic N) is 3. The molecule has 0 aliphatic carbocycles. The first kappa shape index (κ1) is 17.7. The molecule has 0 radical (unpaired) electrons. The van der Waals surface area contributed by atoms with Crippen LogP contribution < -0.4 is 5.32 Å². The molecule has 0 amide bonds. The Balaban J connectivity index is 1.52. The number of hydrogen-bond donors (Lipinski definition) is 1. The van der Waals surface area contributed by atoms with E-state index in [2.05, 4.69) is 51.7 Å². The molecule has 0 bridgehead atoms. The molecule has 4 rings (SSSR count). The molecule has 0 saturated heterocycles. The molecular weight excluding hydrogens is 372 g/mol. The molecule has 27 heavy (non-hydrogen) atoms. The lowest BCUT2D eigenvalue weighted by Crippen LogP contribution is -2.13. The van der Waals surface area contributed by atoms with Crippen molar-refractivity contribution in [3.63, 3.8) is 0 Å². The first-order valence-corrected chi connectivity index (χ1v) is 10.4. The van der Waals surface area contributed by atoms with E-state index < -0.39 is 0 Å². The summed E-state index contributed by atoms with van der Waals surface area (Å²) in [7, 11) is 0. The molecule has 0 spiro atoms. The summed E-state index contributed by atoms with van der Waals surface area (Å²) in [5.41, 5.74) is 2.42. The zero-order chi connectivity index (χ0) is 18.3. The lowest BCUT2D eigenvalue weighted by molar-refractivity contribution is 0.894. The highest BCUT2D eigenvalue weighted by atomic mass is 32.2. The third-order valence-corrected chi connectivity index (χ3v) is 5.78. The molecule has 1 unspecified atom stereocenters. The molecule has 6 heteroatoms. The van der Waals surface area contributed by atoms with Gasteiger partial charge in [-0.3, -0.25) is 4.98 Å². The Labute approximate surface area is 166 Å². The standard InChI is InChI=1S/C21H18N4S2/c1-3-7-16(8-4-1)15-27-19-14-22-13-18(24-19)25-20(21-23-11-12-26-21)17-9-5-2-6-10-17/h1-14,20H,15H2,(H,24,25). The maximum atomic E-state index is 4.73. The van der Waals surface area contributed by atoms with Gasteiger partial charge in [-0.2, -0.15) is 0 Å². The van der Waals surface area contributed by atoms with E-state index in [0.29, 0.717) is 0 Å². The molecule has 2 aromatic heterocycles. The molecule has 2 heterocycles. The summed E-state index contributed by atoms with van der Waals surface area (Å²) < 4.78 is 0. The first-order chi connectivity index (χ1) is 13.4. The summed E-state index contributed by atoms with van der Waals surface area (Å²) in [6.45, 7) is 0. The van der Waals surface area contributed by atoms with Gasteiger partial charge in [-0.1, -0.05) is 60.7 Å². The van der Waals surface area contributed by atoms with Crippen LogP contribution in [0.1, 0.15) is 22.2 Å². The average molecular weight is 391 g/mol. The number of hydrogen-bond acceptors (Lipinski definition) is 6. The SMILES string of the molecule is c1ccc(CSc2cncc(NC(c3ccccc3)c3nccs3)n2)cc1. The molecule has 1 atom stereocenters. The minimum absolute atomic E-state index is 0.0464. The van der Waals surface area contributed by atoms with E-state index in [-0.39, 0.29) is 6.04 Å². The summed E-state index contributed by atoms with van der Waals surface area (Å²) >= 11 is 3.31. The molecule has 2 aromatic carbocycles. The number of rotatable bonds is 7. The number of aromatic nitrogens is 3. The minimum atomic E-state index is -0.0464. The minimum Gasteiger partial charge on any atom is -0.355 e. The molecule has 4 nitrogen and oxygen atoms in total. The van der Waals surface area contributed by atoms with Crippen molar-refractivity contribution in [3.05, 3.63) is 101 Å². The fraction of sp³-hybridized carbons (Fsp3) is 0.0952. The molecule has 0 aliphatic heterocycles. The van der Waals surface area contributed by atoms with Gasteiger partial charge in [0.25, 0.3) is 0 Å². The Morgan fingerprint density at radius 3 is 2.48 bits per heavy atom. The van der Waals surface area contributed by atoms with Crippen LogP contribution in [0.5, 0.6) is 0 Å². The second-order valence-electron chi connectivity index (χ2n) is 5.88. The van der Waals surface area contributed by atoms with Gasteiger partial charge in [0.05, 0.1) is 12.4 Å². The molecule has 0 aliphatic rings. The van der Waals surface area contributed by atoms with Gasteiger partial charge in [-0.25, -0.2) is 9.97 Å². The summed E-state index contributed by atoms with van der Waals surface area (Å²) in [5.74, 6) is 1.62. The third-order valence-electron chi connectivity index (χ3n) is 3.97. The van der Waals surface area contributed by atoms with Crippen LogP contribution in [0.4, 0.5) is 5.82 Å². The van der Waals surface area contributed by atoms with E-state index in [1.807, 2.05) is 35.8 Å². The predicted octanol–water partition coefficient (Wildman–Crippen LogP) is 5.43. The summed E-state index contributed by atoms with van der Waals surface area (Å²) in [5, 5.41) is 7.39. The highest BCUT2D eigenvalue weighted by molar-refractivity contribution is 7.98. The maximum Gasteiger partial charge on any atom is 0.146 e. The van der Waals surface area contributed by atoms with Crippen molar-refractivity contribution < 1.29 is 0 Å². The number of thiazole rings is 1. The van der Waals surface area contributed by atoms with Gasteiger partial charge in [0.1, 0.15) is 21.9 Å². The van der Waals surface area contributed by atoms with Crippen LogP contribution in [0, 0.1) is 0 Å². The molecule has 0 saturated carbocycles. The molecule has 4 aromatic rings. The zero-order valence-electron chi connectivity index (χ0n) is 14.5. The number of anilines is 1. The number of thioether (sulfide) groups is 1. The largest absolute Gasteiger partial charge is 0.355 e. The lowest BCUT2D eigenvalue weighted by atomic mass is 10.1. The zero-order valence-corrected chi connectivity index (χ0v) is 16.2.